The Labute approximate surface area is 91.2 Å². The largest absolute Gasteiger partial charge is 0.447 e. The lowest BCUT2D eigenvalue weighted by atomic mass is 10.1. The van der Waals surface area contributed by atoms with Crippen LogP contribution in [0.15, 0.2) is 0 Å². The van der Waals surface area contributed by atoms with Crippen LogP contribution in [-0.4, -0.2) is 36.2 Å². The van der Waals surface area contributed by atoms with Crippen molar-refractivity contribution in [2.24, 2.45) is 5.73 Å². The fourth-order valence-corrected chi connectivity index (χ4v) is 1.45. The molecule has 0 aromatic carbocycles. The van der Waals surface area contributed by atoms with E-state index in [2.05, 4.69) is 0 Å². The molecule has 0 saturated carbocycles. The van der Waals surface area contributed by atoms with Crippen molar-refractivity contribution >= 4 is 18.5 Å². The molecule has 4 nitrogen and oxygen atoms in total. The fraction of sp³-hybridized carbons (Fsp3) is 0.889. The van der Waals surface area contributed by atoms with Gasteiger partial charge in [-0.25, -0.2) is 4.79 Å². The van der Waals surface area contributed by atoms with Crippen molar-refractivity contribution in [2.75, 3.05) is 13.1 Å². The van der Waals surface area contributed by atoms with Gasteiger partial charge in [0.15, 0.2) is 0 Å². The molecule has 5 heteroatoms. The van der Waals surface area contributed by atoms with Gasteiger partial charge in [-0.15, -0.1) is 12.4 Å². The van der Waals surface area contributed by atoms with E-state index in [0.717, 1.165) is 19.4 Å². The Kier molecular flexibility index (Phi) is 5.88. The molecule has 0 spiro atoms. The van der Waals surface area contributed by atoms with Crippen molar-refractivity contribution in [3.63, 3.8) is 0 Å². The third-order valence-electron chi connectivity index (χ3n) is 2.05. The van der Waals surface area contributed by atoms with E-state index in [4.69, 9.17) is 10.5 Å². The lowest BCUT2D eigenvalue weighted by molar-refractivity contribution is 0.0685. The van der Waals surface area contributed by atoms with Gasteiger partial charge < -0.3 is 15.4 Å². The number of piperidine rings is 1. The molecule has 84 valence electrons. The third kappa shape index (κ3) is 4.15. The Bertz CT molecular complexity index is 188. The molecule has 0 aromatic rings. The van der Waals surface area contributed by atoms with Crippen molar-refractivity contribution < 1.29 is 9.53 Å². The number of rotatable bonds is 1. The summed E-state index contributed by atoms with van der Waals surface area (Å²) in [7, 11) is 0. The van der Waals surface area contributed by atoms with Crippen LogP contribution in [0.25, 0.3) is 0 Å². The number of carbonyl (C=O) groups is 1. The number of ether oxygens (including phenoxy) is 1. The molecule has 1 amide bonds. The first-order chi connectivity index (χ1) is 6.09. The van der Waals surface area contributed by atoms with Crippen molar-refractivity contribution in [1.29, 1.82) is 0 Å². The minimum atomic E-state index is -0.231. The first-order valence-electron chi connectivity index (χ1n) is 4.80. The number of hydrogen-bond acceptors (Lipinski definition) is 3. The number of hydrogen-bond donors (Lipinski definition) is 1. The number of nitrogens with zero attached hydrogens (tertiary/aromatic N) is 1. The van der Waals surface area contributed by atoms with Crippen molar-refractivity contribution in [3.05, 3.63) is 0 Å². The Morgan fingerprint density at radius 1 is 1.57 bits per heavy atom. The van der Waals surface area contributed by atoms with Crippen molar-refractivity contribution in [1.82, 2.24) is 4.90 Å². The van der Waals surface area contributed by atoms with Crippen molar-refractivity contribution in [2.45, 2.75) is 38.8 Å². The number of amides is 1. The standard InChI is InChI=1S/C9H18N2O2.ClH/c1-7(2)13-9(12)11-5-3-4-8(10)6-11;/h7-8H,3-6,10H2,1-2H3;1H/t8-;/m1./s1. The Balaban J connectivity index is 0.00000169. The second-order valence-corrected chi connectivity index (χ2v) is 3.78. The molecule has 0 aromatic heterocycles. The summed E-state index contributed by atoms with van der Waals surface area (Å²) >= 11 is 0. The maximum Gasteiger partial charge on any atom is 0.410 e. The molecule has 0 unspecified atom stereocenters. The molecule has 0 radical (unpaired) electrons. The number of carbonyl (C=O) groups excluding carboxylic acids is 1. The summed E-state index contributed by atoms with van der Waals surface area (Å²) in [6.07, 6.45) is 1.70. The summed E-state index contributed by atoms with van der Waals surface area (Å²) in [5, 5.41) is 0. The zero-order chi connectivity index (χ0) is 9.84. The lowest BCUT2D eigenvalue weighted by Crippen LogP contribution is -2.46. The number of nitrogens with two attached hydrogens (primary N) is 1. The van der Waals surface area contributed by atoms with Crippen molar-refractivity contribution in [3.8, 4) is 0 Å². The van der Waals surface area contributed by atoms with E-state index >= 15 is 0 Å². The monoisotopic (exact) mass is 222 g/mol. The zero-order valence-corrected chi connectivity index (χ0v) is 9.55. The van der Waals surface area contributed by atoms with E-state index in [-0.39, 0.29) is 30.6 Å². The highest BCUT2D eigenvalue weighted by Gasteiger charge is 2.22. The van der Waals surface area contributed by atoms with Crippen LogP contribution < -0.4 is 5.73 Å². The van der Waals surface area contributed by atoms with Gasteiger partial charge in [-0.3, -0.25) is 0 Å². The number of halogens is 1. The maximum absolute atomic E-state index is 11.4. The molecule has 1 heterocycles. The van der Waals surface area contributed by atoms with Crippen LogP contribution in [0, 0.1) is 0 Å². The molecule has 1 saturated heterocycles. The van der Waals surface area contributed by atoms with Gasteiger partial charge in [0.05, 0.1) is 6.10 Å². The molecule has 0 bridgehead atoms. The van der Waals surface area contributed by atoms with Crippen LogP contribution in [0.2, 0.25) is 0 Å². The van der Waals surface area contributed by atoms with Crippen LogP contribution in [0.3, 0.4) is 0 Å². The highest BCUT2D eigenvalue weighted by atomic mass is 35.5. The zero-order valence-electron chi connectivity index (χ0n) is 8.73. The Hall–Kier alpha value is -0.480. The summed E-state index contributed by atoms with van der Waals surface area (Å²) in [6.45, 7) is 5.11. The third-order valence-corrected chi connectivity index (χ3v) is 2.05. The Morgan fingerprint density at radius 2 is 2.21 bits per heavy atom. The minimum absolute atomic E-state index is 0. The molecule has 1 aliphatic rings. The van der Waals surface area contributed by atoms with Crippen LogP contribution in [0.1, 0.15) is 26.7 Å². The number of likely N-dealkylation sites (tertiary alicyclic amines) is 1. The molecule has 1 aliphatic heterocycles. The van der Waals surface area contributed by atoms with E-state index in [1.54, 1.807) is 4.90 Å². The van der Waals surface area contributed by atoms with Gasteiger partial charge in [-0.1, -0.05) is 0 Å². The molecule has 14 heavy (non-hydrogen) atoms. The Morgan fingerprint density at radius 3 is 2.71 bits per heavy atom. The van der Waals surface area contributed by atoms with E-state index in [1.807, 2.05) is 13.8 Å². The van der Waals surface area contributed by atoms with E-state index in [1.165, 1.54) is 0 Å². The summed E-state index contributed by atoms with van der Waals surface area (Å²) in [5.74, 6) is 0. The first kappa shape index (κ1) is 13.5. The highest BCUT2D eigenvalue weighted by Crippen LogP contribution is 2.10. The van der Waals surface area contributed by atoms with Gasteiger partial charge in [0.2, 0.25) is 0 Å². The van der Waals surface area contributed by atoms with Gasteiger partial charge in [-0.2, -0.15) is 0 Å². The highest BCUT2D eigenvalue weighted by molar-refractivity contribution is 5.85. The molecular weight excluding hydrogens is 204 g/mol. The molecule has 1 atom stereocenters. The van der Waals surface area contributed by atoms with Gasteiger partial charge in [0.1, 0.15) is 0 Å². The SMILES string of the molecule is CC(C)OC(=O)N1CCC[C@@H](N)C1.Cl. The van der Waals surface area contributed by atoms with Crippen LogP contribution in [0.5, 0.6) is 0 Å². The molecule has 1 rings (SSSR count). The predicted octanol–water partition coefficient (Wildman–Crippen LogP) is 1.38. The maximum atomic E-state index is 11.4. The molecule has 1 fully saturated rings. The molecule has 2 N–H and O–H groups in total. The van der Waals surface area contributed by atoms with E-state index in [9.17, 15) is 4.79 Å². The summed E-state index contributed by atoms with van der Waals surface area (Å²) in [4.78, 5) is 13.1. The molecular formula is C9H19ClN2O2. The van der Waals surface area contributed by atoms with Crippen LogP contribution in [0.4, 0.5) is 4.79 Å². The molecule has 0 aliphatic carbocycles. The first-order valence-corrected chi connectivity index (χ1v) is 4.80. The minimum Gasteiger partial charge on any atom is -0.447 e. The van der Waals surface area contributed by atoms with E-state index in [0.29, 0.717) is 6.54 Å². The van der Waals surface area contributed by atoms with E-state index < -0.39 is 0 Å². The average Bonchev–Trinajstić information content (AvgIpc) is 2.03. The predicted molar refractivity (Wildman–Crippen MR) is 57.6 cm³/mol. The average molecular weight is 223 g/mol. The fourth-order valence-electron chi connectivity index (χ4n) is 1.45. The summed E-state index contributed by atoms with van der Waals surface area (Å²) in [6, 6.07) is 0.119. The summed E-state index contributed by atoms with van der Waals surface area (Å²) in [5.41, 5.74) is 5.74. The smallest absolute Gasteiger partial charge is 0.410 e. The second-order valence-electron chi connectivity index (χ2n) is 3.78. The normalized spacial score (nSPS) is 21.7. The van der Waals surface area contributed by atoms with Gasteiger partial charge in [0, 0.05) is 19.1 Å². The summed E-state index contributed by atoms with van der Waals surface area (Å²) < 4.78 is 5.07. The lowest BCUT2D eigenvalue weighted by Gasteiger charge is -2.30. The van der Waals surface area contributed by atoms with Crippen LogP contribution in [-0.2, 0) is 4.74 Å². The van der Waals surface area contributed by atoms with Gasteiger partial charge in [-0.05, 0) is 26.7 Å². The quantitative estimate of drug-likeness (QED) is 0.729. The van der Waals surface area contributed by atoms with Gasteiger partial charge >= 0.3 is 6.09 Å². The van der Waals surface area contributed by atoms with Gasteiger partial charge in [0.25, 0.3) is 0 Å². The second kappa shape index (κ2) is 6.09. The van der Waals surface area contributed by atoms with Crippen LogP contribution >= 0.6 is 12.4 Å². The topological polar surface area (TPSA) is 55.6 Å².